The molecule has 1 aliphatic carbocycles. The highest BCUT2D eigenvalue weighted by molar-refractivity contribution is 6.31. The maximum atomic E-state index is 6.45. The van der Waals surface area contributed by atoms with Gasteiger partial charge in [-0.15, -0.1) is 0 Å². The second kappa shape index (κ2) is 7.46. The van der Waals surface area contributed by atoms with E-state index in [9.17, 15) is 0 Å². The van der Waals surface area contributed by atoms with E-state index in [-0.39, 0.29) is 0 Å². The molecule has 1 saturated carbocycles. The van der Waals surface area contributed by atoms with Gasteiger partial charge in [-0.05, 0) is 39.7 Å². The average Bonchev–Trinajstić information content (AvgIpc) is 2.67. The molecule has 1 aromatic rings. The predicted octanol–water partition coefficient (Wildman–Crippen LogP) is 3.97. The van der Waals surface area contributed by atoms with Gasteiger partial charge >= 0.3 is 0 Å². The van der Waals surface area contributed by atoms with E-state index in [0.29, 0.717) is 6.04 Å². The molecule has 0 spiro atoms. The number of rotatable bonds is 5. The highest BCUT2D eigenvalue weighted by Crippen LogP contribution is 2.29. The summed E-state index contributed by atoms with van der Waals surface area (Å²) in [5.41, 5.74) is 2.16. The van der Waals surface area contributed by atoms with E-state index in [4.69, 9.17) is 11.6 Å². The zero-order chi connectivity index (χ0) is 14.5. The van der Waals surface area contributed by atoms with Crippen LogP contribution in [-0.4, -0.2) is 22.9 Å². The van der Waals surface area contributed by atoms with Crippen molar-refractivity contribution in [2.24, 2.45) is 5.92 Å². The Balaban J connectivity index is 2.13. The highest BCUT2D eigenvalue weighted by Gasteiger charge is 2.24. The molecule has 1 atom stereocenters. The smallest absolute Gasteiger partial charge is 0.0847 e. The number of aromatic nitrogens is 2. The third-order valence-corrected chi connectivity index (χ3v) is 5.20. The average molecular weight is 298 g/mol. The molecule has 0 aromatic carbocycles. The van der Waals surface area contributed by atoms with Crippen LogP contribution in [-0.2, 0) is 13.0 Å². The quantitative estimate of drug-likeness (QED) is 0.834. The standard InChI is InChI=1S/C16H28ClN3/c1-4-20-15(16(17)12(2)19-20)11-14(18-3)13-9-7-5-6-8-10-13/h13-14,18H,4-11H2,1-3H3. The molecule has 1 aromatic heterocycles. The predicted molar refractivity (Wildman–Crippen MR) is 85.4 cm³/mol. The van der Waals surface area contributed by atoms with Gasteiger partial charge in [0.25, 0.3) is 0 Å². The summed E-state index contributed by atoms with van der Waals surface area (Å²) in [4.78, 5) is 0. The van der Waals surface area contributed by atoms with Gasteiger partial charge in [-0.3, -0.25) is 4.68 Å². The lowest BCUT2D eigenvalue weighted by molar-refractivity contribution is 0.327. The minimum atomic E-state index is 0.520. The molecule has 4 heteroatoms. The van der Waals surface area contributed by atoms with Gasteiger partial charge in [-0.25, -0.2) is 0 Å². The topological polar surface area (TPSA) is 29.9 Å². The molecule has 0 aliphatic heterocycles. The van der Waals surface area contributed by atoms with Gasteiger partial charge in [0.1, 0.15) is 0 Å². The van der Waals surface area contributed by atoms with Crippen LogP contribution in [0.1, 0.15) is 56.8 Å². The van der Waals surface area contributed by atoms with Crippen LogP contribution in [0.5, 0.6) is 0 Å². The van der Waals surface area contributed by atoms with E-state index >= 15 is 0 Å². The van der Waals surface area contributed by atoms with E-state index in [2.05, 4.69) is 29.1 Å². The van der Waals surface area contributed by atoms with E-state index in [1.54, 1.807) is 0 Å². The summed E-state index contributed by atoms with van der Waals surface area (Å²) in [5.74, 6) is 0.777. The number of aryl methyl sites for hydroxylation is 2. The molecule has 1 fully saturated rings. The van der Waals surface area contributed by atoms with Crippen molar-refractivity contribution >= 4 is 11.6 Å². The van der Waals surface area contributed by atoms with Crippen LogP contribution in [0.15, 0.2) is 0 Å². The van der Waals surface area contributed by atoms with E-state index in [0.717, 1.165) is 29.6 Å². The molecule has 1 heterocycles. The number of hydrogen-bond donors (Lipinski definition) is 1. The maximum absolute atomic E-state index is 6.45. The lowest BCUT2D eigenvalue weighted by atomic mass is 9.89. The SMILES string of the molecule is CCn1nc(C)c(Cl)c1CC(NC)C1CCCCCC1. The van der Waals surface area contributed by atoms with E-state index < -0.39 is 0 Å². The number of hydrogen-bond acceptors (Lipinski definition) is 2. The number of nitrogens with zero attached hydrogens (tertiary/aromatic N) is 2. The highest BCUT2D eigenvalue weighted by atomic mass is 35.5. The van der Waals surface area contributed by atoms with Crippen LogP contribution >= 0.6 is 11.6 Å². The van der Waals surface area contributed by atoms with Crippen LogP contribution in [0, 0.1) is 12.8 Å². The Hall–Kier alpha value is -0.540. The summed E-state index contributed by atoms with van der Waals surface area (Å²) < 4.78 is 2.07. The van der Waals surface area contributed by atoms with Gasteiger partial charge in [-0.1, -0.05) is 37.3 Å². The second-order valence-corrected chi connectivity index (χ2v) is 6.39. The maximum Gasteiger partial charge on any atom is 0.0847 e. The number of likely N-dealkylation sites (N-methyl/N-ethyl adjacent to an activating group) is 1. The molecule has 0 radical (unpaired) electrons. The summed E-state index contributed by atoms with van der Waals surface area (Å²) in [6.07, 6.45) is 9.25. The Bertz CT molecular complexity index is 420. The lowest BCUT2D eigenvalue weighted by Crippen LogP contribution is -2.36. The molecule has 0 bridgehead atoms. The summed E-state index contributed by atoms with van der Waals surface area (Å²) in [5, 5.41) is 8.93. The Morgan fingerprint density at radius 1 is 1.30 bits per heavy atom. The summed E-state index contributed by atoms with van der Waals surface area (Å²) in [7, 11) is 2.09. The fraction of sp³-hybridized carbons (Fsp3) is 0.812. The summed E-state index contributed by atoms with van der Waals surface area (Å²) in [6.45, 7) is 5.02. The lowest BCUT2D eigenvalue weighted by Gasteiger charge is -2.26. The number of halogens is 1. The summed E-state index contributed by atoms with van der Waals surface area (Å²) >= 11 is 6.45. The Morgan fingerprint density at radius 3 is 2.50 bits per heavy atom. The first-order valence-corrected chi connectivity index (χ1v) is 8.44. The van der Waals surface area contributed by atoms with Crippen LogP contribution in [0.2, 0.25) is 5.02 Å². The van der Waals surface area contributed by atoms with Crippen molar-refractivity contribution < 1.29 is 0 Å². The zero-order valence-corrected chi connectivity index (χ0v) is 13.8. The third kappa shape index (κ3) is 3.56. The van der Waals surface area contributed by atoms with Gasteiger partial charge in [0.2, 0.25) is 0 Å². The molecule has 0 saturated heterocycles. The summed E-state index contributed by atoms with van der Waals surface area (Å²) in [6, 6.07) is 0.520. The minimum Gasteiger partial charge on any atom is -0.316 e. The van der Waals surface area contributed by atoms with Crippen molar-refractivity contribution in [2.45, 2.75) is 71.4 Å². The molecule has 0 amide bonds. The van der Waals surface area contributed by atoms with Crippen LogP contribution in [0.3, 0.4) is 0 Å². The molecule has 1 unspecified atom stereocenters. The van der Waals surface area contributed by atoms with Crippen molar-refractivity contribution in [1.82, 2.24) is 15.1 Å². The monoisotopic (exact) mass is 297 g/mol. The zero-order valence-electron chi connectivity index (χ0n) is 13.1. The van der Waals surface area contributed by atoms with Crippen molar-refractivity contribution in [1.29, 1.82) is 0 Å². The molecule has 1 N–H and O–H groups in total. The molecule has 114 valence electrons. The van der Waals surface area contributed by atoms with Gasteiger partial charge < -0.3 is 5.32 Å². The van der Waals surface area contributed by atoms with Crippen LogP contribution in [0.4, 0.5) is 0 Å². The van der Waals surface area contributed by atoms with Crippen molar-refractivity contribution in [3.63, 3.8) is 0 Å². The second-order valence-electron chi connectivity index (χ2n) is 6.01. The molecular formula is C16H28ClN3. The Kier molecular flexibility index (Phi) is 5.91. The van der Waals surface area contributed by atoms with Crippen molar-refractivity contribution in [3.8, 4) is 0 Å². The fourth-order valence-corrected chi connectivity index (χ4v) is 3.70. The van der Waals surface area contributed by atoms with Gasteiger partial charge in [0.05, 0.1) is 16.4 Å². The molecule has 20 heavy (non-hydrogen) atoms. The first kappa shape index (κ1) is 15.8. The molecule has 2 rings (SSSR count). The Morgan fingerprint density at radius 2 is 1.95 bits per heavy atom. The molecule has 1 aliphatic rings. The Labute approximate surface area is 128 Å². The van der Waals surface area contributed by atoms with Crippen LogP contribution in [0.25, 0.3) is 0 Å². The van der Waals surface area contributed by atoms with E-state index in [1.807, 2.05) is 6.92 Å². The minimum absolute atomic E-state index is 0.520. The molecule has 3 nitrogen and oxygen atoms in total. The number of nitrogens with one attached hydrogen (secondary N) is 1. The van der Waals surface area contributed by atoms with E-state index in [1.165, 1.54) is 44.2 Å². The van der Waals surface area contributed by atoms with Crippen molar-refractivity contribution in [2.75, 3.05) is 7.05 Å². The molecular weight excluding hydrogens is 270 g/mol. The fourth-order valence-electron chi connectivity index (χ4n) is 3.49. The van der Waals surface area contributed by atoms with Gasteiger partial charge in [-0.2, -0.15) is 5.10 Å². The first-order chi connectivity index (χ1) is 9.67. The van der Waals surface area contributed by atoms with Crippen molar-refractivity contribution in [3.05, 3.63) is 16.4 Å². The first-order valence-electron chi connectivity index (χ1n) is 8.06. The normalized spacial score (nSPS) is 19.0. The third-order valence-electron chi connectivity index (χ3n) is 4.71. The largest absolute Gasteiger partial charge is 0.316 e. The van der Waals surface area contributed by atoms with Crippen LogP contribution < -0.4 is 5.32 Å². The van der Waals surface area contributed by atoms with Gasteiger partial charge in [0, 0.05) is 19.0 Å². The van der Waals surface area contributed by atoms with Gasteiger partial charge in [0.15, 0.2) is 0 Å².